The summed E-state index contributed by atoms with van der Waals surface area (Å²) in [6.45, 7) is 10.7. The predicted octanol–water partition coefficient (Wildman–Crippen LogP) is 5.39. The van der Waals surface area contributed by atoms with Crippen LogP contribution in [0.25, 0.3) is 0 Å². The van der Waals surface area contributed by atoms with Crippen LogP contribution in [0.3, 0.4) is 0 Å². The van der Waals surface area contributed by atoms with Gasteiger partial charge in [0.2, 0.25) is 5.67 Å². The van der Waals surface area contributed by atoms with Gasteiger partial charge in [0.25, 0.3) is 0 Å². The van der Waals surface area contributed by atoms with E-state index < -0.39 is 22.9 Å². The molecule has 0 heterocycles. The zero-order valence-electron chi connectivity index (χ0n) is 13.8. The van der Waals surface area contributed by atoms with Crippen molar-refractivity contribution in [1.82, 2.24) is 0 Å². The molecule has 0 bridgehead atoms. The Hall–Kier alpha value is -0.320. The van der Waals surface area contributed by atoms with E-state index in [1.165, 1.54) is 13.8 Å². The number of ether oxygens (including phenoxy) is 1. The topological polar surface area (TPSA) is 9.23 Å². The lowest BCUT2D eigenvalue weighted by atomic mass is 9.63. The molecule has 2 atom stereocenters. The third kappa shape index (κ3) is 3.29. The highest BCUT2D eigenvalue weighted by atomic mass is 19.4. The minimum atomic E-state index is -4.99. The summed E-state index contributed by atoms with van der Waals surface area (Å²) in [5, 5.41) is 0. The molecule has 0 aliphatic carbocycles. The SMILES string of the molecule is COC(C)(C)C(F)(C(F)(F)F)C(C)(C)CC(C)C(C)C. The standard InChI is InChI=1S/C15H28F4O/c1-10(2)11(3)9-12(4,5)14(16,15(17,18)19)13(6,7)20-8/h10-11H,9H2,1-8H3. The lowest BCUT2D eigenvalue weighted by Gasteiger charge is -2.50. The number of hydrogen-bond donors (Lipinski definition) is 0. The molecule has 0 N–H and O–H groups in total. The summed E-state index contributed by atoms with van der Waals surface area (Å²) >= 11 is 0. The summed E-state index contributed by atoms with van der Waals surface area (Å²) in [6, 6.07) is 0. The Bertz CT molecular complexity index is 320. The highest BCUT2D eigenvalue weighted by Gasteiger charge is 2.72. The average molecular weight is 300 g/mol. The summed E-state index contributed by atoms with van der Waals surface area (Å²) < 4.78 is 60.5. The molecule has 122 valence electrons. The van der Waals surface area contributed by atoms with Crippen LogP contribution in [0.4, 0.5) is 17.6 Å². The monoisotopic (exact) mass is 300 g/mol. The van der Waals surface area contributed by atoms with E-state index in [9.17, 15) is 13.2 Å². The van der Waals surface area contributed by atoms with Crippen LogP contribution in [-0.4, -0.2) is 24.6 Å². The maximum absolute atomic E-state index is 15.2. The van der Waals surface area contributed by atoms with Gasteiger partial charge in [-0.1, -0.05) is 34.6 Å². The Balaban J connectivity index is 5.78. The Kier molecular flexibility index (Phi) is 5.72. The van der Waals surface area contributed by atoms with Gasteiger partial charge in [-0.3, -0.25) is 0 Å². The van der Waals surface area contributed by atoms with Crippen molar-refractivity contribution < 1.29 is 22.3 Å². The minimum Gasteiger partial charge on any atom is -0.375 e. The largest absolute Gasteiger partial charge is 0.425 e. The quantitative estimate of drug-likeness (QED) is 0.597. The Morgan fingerprint density at radius 3 is 1.55 bits per heavy atom. The van der Waals surface area contributed by atoms with Crippen molar-refractivity contribution in [3.8, 4) is 0 Å². The van der Waals surface area contributed by atoms with Gasteiger partial charge in [0.15, 0.2) is 0 Å². The van der Waals surface area contributed by atoms with Gasteiger partial charge in [0.05, 0.1) is 0 Å². The first-order chi connectivity index (χ1) is 8.64. The molecule has 5 heteroatoms. The smallest absolute Gasteiger partial charge is 0.375 e. The first kappa shape index (κ1) is 19.7. The number of hydrogen-bond acceptors (Lipinski definition) is 1. The van der Waals surface area contributed by atoms with Gasteiger partial charge < -0.3 is 4.74 Å². The van der Waals surface area contributed by atoms with Gasteiger partial charge in [-0.15, -0.1) is 0 Å². The van der Waals surface area contributed by atoms with E-state index in [0.717, 1.165) is 21.0 Å². The van der Waals surface area contributed by atoms with Gasteiger partial charge in [0, 0.05) is 12.5 Å². The number of halogens is 4. The van der Waals surface area contributed by atoms with Crippen LogP contribution in [0, 0.1) is 17.3 Å². The normalized spacial score (nSPS) is 19.1. The maximum Gasteiger partial charge on any atom is 0.425 e. The van der Waals surface area contributed by atoms with Gasteiger partial charge in [0.1, 0.15) is 5.60 Å². The molecule has 0 aromatic carbocycles. The number of rotatable bonds is 6. The fourth-order valence-electron chi connectivity index (χ4n) is 2.86. The molecule has 1 nitrogen and oxygen atoms in total. The zero-order chi connectivity index (χ0) is 16.6. The van der Waals surface area contributed by atoms with Crippen molar-refractivity contribution in [2.45, 2.75) is 72.3 Å². The van der Waals surface area contributed by atoms with Gasteiger partial charge in [-0.25, -0.2) is 4.39 Å². The molecule has 0 fully saturated rings. The van der Waals surface area contributed by atoms with E-state index in [0.29, 0.717) is 0 Å². The molecule has 0 saturated carbocycles. The molecule has 0 aromatic heterocycles. The molecule has 20 heavy (non-hydrogen) atoms. The van der Waals surface area contributed by atoms with E-state index in [1.54, 1.807) is 0 Å². The highest BCUT2D eigenvalue weighted by Crippen LogP contribution is 2.56. The summed E-state index contributed by atoms with van der Waals surface area (Å²) in [6.07, 6.45) is -4.86. The van der Waals surface area contributed by atoms with Gasteiger partial charge >= 0.3 is 6.18 Å². The van der Waals surface area contributed by atoms with Crippen LogP contribution >= 0.6 is 0 Å². The van der Waals surface area contributed by atoms with Crippen molar-refractivity contribution in [2.75, 3.05) is 7.11 Å². The summed E-state index contributed by atoms with van der Waals surface area (Å²) in [5.41, 5.74) is -6.97. The van der Waals surface area contributed by atoms with Crippen molar-refractivity contribution in [3.05, 3.63) is 0 Å². The van der Waals surface area contributed by atoms with Crippen LogP contribution in [0.5, 0.6) is 0 Å². The minimum absolute atomic E-state index is 0.0184. The second-order valence-electron chi connectivity index (χ2n) is 7.18. The Labute approximate surface area is 120 Å². The number of methoxy groups -OCH3 is 1. The van der Waals surface area contributed by atoms with Crippen molar-refractivity contribution in [2.24, 2.45) is 17.3 Å². The van der Waals surface area contributed by atoms with Gasteiger partial charge in [-0.05, 0) is 32.1 Å². The fourth-order valence-corrected chi connectivity index (χ4v) is 2.86. The zero-order valence-corrected chi connectivity index (χ0v) is 13.8. The summed E-state index contributed by atoms with van der Waals surface area (Å²) in [5.74, 6) is 0.174. The molecule has 0 rings (SSSR count). The van der Waals surface area contributed by atoms with Crippen LogP contribution in [0.2, 0.25) is 0 Å². The Morgan fingerprint density at radius 2 is 1.30 bits per heavy atom. The summed E-state index contributed by atoms with van der Waals surface area (Å²) in [4.78, 5) is 0. The van der Waals surface area contributed by atoms with E-state index in [-0.39, 0.29) is 18.3 Å². The van der Waals surface area contributed by atoms with Crippen molar-refractivity contribution in [3.63, 3.8) is 0 Å². The highest BCUT2D eigenvalue weighted by molar-refractivity contribution is 5.10. The Morgan fingerprint density at radius 1 is 0.900 bits per heavy atom. The first-order valence-electron chi connectivity index (χ1n) is 6.95. The van der Waals surface area contributed by atoms with Crippen molar-refractivity contribution in [1.29, 1.82) is 0 Å². The molecule has 2 unspecified atom stereocenters. The molecule has 0 amide bonds. The van der Waals surface area contributed by atoms with Gasteiger partial charge in [-0.2, -0.15) is 13.2 Å². The molecule has 0 aliphatic heterocycles. The average Bonchev–Trinajstić information content (AvgIpc) is 2.25. The van der Waals surface area contributed by atoms with E-state index in [2.05, 4.69) is 0 Å². The molecule has 0 saturated heterocycles. The van der Waals surface area contributed by atoms with Crippen LogP contribution in [-0.2, 0) is 4.74 Å². The second kappa shape index (κ2) is 5.82. The van der Waals surface area contributed by atoms with E-state index >= 15 is 4.39 Å². The molecule has 0 spiro atoms. The third-order valence-corrected chi connectivity index (χ3v) is 4.63. The molecule has 0 radical (unpaired) electrons. The third-order valence-electron chi connectivity index (χ3n) is 4.63. The molecular formula is C15H28F4O. The maximum atomic E-state index is 15.2. The molecule has 0 aliphatic rings. The van der Waals surface area contributed by atoms with E-state index in [4.69, 9.17) is 4.74 Å². The molecule has 0 aromatic rings. The first-order valence-corrected chi connectivity index (χ1v) is 6.95. The summed E-state index contributed by atoms with van der Waals surface area (Å²) in [7, 11) is 1.11. The molecular weight excluding hydrogens is 272 g/mol. The van der Waals surface area contributed by atoms with E-state index in [1.807, 2.05) is 20.8 Å². The predicted molar refractivity (Wildman–Crippen MR) is 73.4 cm³/mol. The number of alkyl halides is 4. The lowest BCUT2D eigenvalue weighted by Crippen LogP contribution is -2.66. The second-order valence-corrected chi connectivity index (χ2v) is 7.18. The van der Waals surface area contributed by atoms with Crippen LogP contribution < -0.4 is 0 Å². The van der Waals surface area contributed by atoms with Crippen molar-refractivity contribution >= 4 is 0 Å². The fraction of sp³-hybridized carbons (Fsp3) is 1.00. The lowest BCUT2D eigenvalue weighted by molar-refractivity contribution is -0.323. The van der Waals surface area contributed by atoms with Crippen LogP contribution in [0.1, 0.15) is 54.9 Å². The van der Waals surface area contributed by atoms with Crippen LogP contribution in [0.15, 0.2) is 0 Å².